The third-order valence-corrected chi connectivity index (χ3v) is 2.70. The fourth-order valence-corrected chi connectivity index (χ4v) is 1.70. The molecule has 21 heavy (non-hydrogen) atoms. The Morgan fingerprint density at radius 3 is 2.43 bits per heavy atom. The van der Waals surface area contributed by atoms with Crippen molar-refractivity contribution in [2.45, 2.75) is 26.1 Å². The number of nitrogens with zero attached hydrogens (tertiary/aromatic N) is 1. The summed E-state index contributed by atoms with van der Waals surface area (Å²) in [6.45, 7) is 3.20. The number of nitrogens with two attached hydrogens (primary N) is 1. The SMILES string of the molecule is CC(C)N(CC(=N)N)C(=O)Nc1ccccc1C(F)(F)F. The van der Waals surface area contributed by atoms with E-state index >= 15 is 0 Å². The zero-order valence-electron chi connectivity index (χ0n) is 11.7. The number of hydrogen-bond acceptors (Lipinski definition) is 2. The van der Waals surface area contributed by atoms with Crippen LogP contribution in [0, 0.1) is 5.41 Å². The Morgan fingerprint density at radius 1 is 1.38 bits per heavy atom. The molecule has 1 aromatic rings. The van der Waals surface area contributed by atoms with E-state index < -0.39 is 17.8 Å². The maximum atomic E-state index is 12.8. The van der Waals surface area contributed by atoms with Gasteiger partial charge in [-0.2, -0.15) is 13.2 Å². The minimum atomic E-state index is -4.56. The summed E-state index contributed by atoms with van der Waals surface area (Å²) in [6.07, 6.45) is -4.56. The molecule has 0 spiro atoms. The number of urea groups is 1. The first-order valence-electron chi connectivity index (χ1n) is 6.19. The summed E-state index contributed by atoms with van der Waals surface area (Å²) in [7, 11) is 0. The third-order valence-electron chi connectivity index (χ3n) is 2.70. The first kappa shape index (κ1) is 16.8. The van der Waals surface area contributed by atoms with Crippen LogP contribution >= 0.6 is 0 Å². The summed E-state index contributed by atoms with van der Waals surface area (Å²) in [4.78, 5) is 13.2. The molecule has 0 heterocycles. The zero-order valence-corrected chi connectivity index (χ0v) is 11.7. The average molecular weight is 302 g/mol. The molecule has 116 valence electrons. The van der Waals surface area contributed by atoms with Gasteiger partial charge in [-0.05, 0) is 26.0 Å². The lowest BCUT2D eigenvalue weighted by Gasteiger charge is -2.27. The van der Waals surface area contributed by atoms with Gasteiger partial charge in [0.25, 0.3) is 0 Å². The summed E-state index contributed by atoms with van der Waals surface area (Å²) in [5.41, 5.74) is 3.99. The summed E-state index contributed by atoms with van der Waals surface area (Å²) in [5.74, 6) is -0.247. The molecule has 0 radical (unpaired) electrons. The monoisotopic (exact) mass is 302 g/mol. The Morgan fingerprint density at radius 2 is 1.95 bits per heavy atom. The highest BCUT2D eigenvalue weighted by Gasteiger charge is 2.34. The van der Waals surface area contributed by atoms with Crippen molar-refractivity contribution in [2.75, 3.05) is 11.9 Å². The van der Waals surface area contributed by atoms with Crippen LogP contribution in [0.25, 0.3) is 0 Å². The highest BCUT2D eigenvalue weighted by atomic mass is 19.4. The van der Waals surface area contributed by atoms with Crippen LogP contribution in [0.4, 0.5) is 23.7 Å². The smallest absolute Gasteiger partial charge is 0.386 e. The molecule has 2 amide bonds. The molecule has 0 aromatic heterocycles. The van der Waals surface area contributed by atoms with E-state index in [1.807, 2.05) is 0 Å². The second kappa shape index (κ2) is 6.47. The number of rotatable bonds is 4. The fraction of sp³-hybridized carbons (Fsp3) is 0.385. The highest BCUT2D eigenvalue weighted by molar-refractivity contribution is 5.93. The normalized spacial score (nSPS) is 11.3. The molecule has 0 aliphatic rings. The van der Waals surface area contributed by atoms with Gasteiger partial charge in [-0.3, -0.25) is 5.41 Å². The molecule has 0 bridgehead atoms. The van der Waals surface area contributed by atoms with Crippen LogP contribution in [0.15, 0.2) is 24.3 Å². The first-order chi connectivity index (χ1) is 9.62. The number of carbonyl (C=O) groups excluding carboxylic acids is 1. The van der Waals surface area contributed by atoms with Crippen molar-refractivity contribution in [1.82, 2.24) is 4.90 Å². The predicted octanol–water partition coefficient (Wildman–Crippen LogP) is 2.88. The number of nitrogens with one attached hydrogen (secondary N) is 2. The van der Waals surface area contributed by atoms with Crippen molar-refractivity contribution >= 4 is 17.6 Å². The van der Waals surface area contributed by atoms with Crippen LogP contribution in [0.1, 0.15) is 19.4 Å². The molecule has 1 rings (SSSR count). The molecule has 0 aliphatic heterocycles. The number of benzene rings is 1. The minimum Gasteiger partial charge on any atom is -0.386 e. The Hall–Kier alpha value is -2.25. The molecule has 4 N–H and O–H groups in total. The Bertz CT molecular complexity index is 528. The van der Waals surface area contributed by atoms with Gasteiger partial charge < -0.3 is 16.0 Å². The molecule has 8 heteroatoms. The van der Waals surface area contributed by atoms with E-state index in [-0.39, 0.29) is 24.1 Å². The van der Waals surface area contributed by atoms with Gasteiger partial charge in [0.05, 0.1) is 17.8 Å². The number of alkyl halides is 3. The minimum absolute atomic E-state index is 0.155. The van der Waals surface area contributed by atoms with Crippen LogP contribution in [0.5, 0.6) is 0 Å². The molecule has 0 aliphatic carbocycles. The van der Waals surface area contributed by atoms with E-state index in [2.05, 4.69) is 5.32 Å². The van der Waals surface area contributed by atoms with Crippen LogP contribution in [-0.2, 0) is 6.18 Å². The Balaban J connectivity index is 2.99. The first-order valence-corrected chi connectivity index (χ1v) is 6.19. The summed E-state index contributed by atoms with van der Waals surface area (Å²) in [6, 6.07) is 3.65. The number of amidine groups is 1. The largest absolute Gasteiger partial charge is 0.418 e. The van der Waals surface area contributed by atoms with Gasteiger partial charge in [0.1, 0.15) is 5.84 Å². The number of carbonyl (C=O) groups is 1. The lowest BCUT2D eigenvalue weighted by atomic mass is 10.1. The van der Waals surface area contributed by atoms with Gasteiger partial charge in [-0.15, -0.1) is 0 Å². The van der Waals surface area contributed by atoms with Crippen molar-refractivity contribution < 1.29 is 18.0 Å². The van der Waals surface area contributed by atoms with Gasteiger partial charge in [-0.1, -0.05) is 12.1 Å². The van der Waals surface area contributed by atoms with Crippen LogP contribution < -0.4 is 11.1 Å². The molecule has 1 aromatic carbocycles. The molecule has 0 saturated heterocycles. The molecule has 5 nitrogen and oxygen atoms in total. The zero-order chi connectivity index (χ0) is 16.2. The van der Waals surface area contributed by atoms with Gasteiger partial charge in [0.2, 0.25) is 0 Å². The van der Waals surface area contributed by atoms with Crippen molar-refractivity contribution in [3.8, 4) is 0 Å². The molecule has 0 fully saturated rings. The average Bonchev–Trinajstić information content (AvgIpc) is 2.34. The maximum absolute atomic E-state index is 12.8. The Labute approximate surface area is 120 Å². The van der Waals surface area contributed by atoms with E-state index in [1.165, 1.54) is 23.1 Å². The standard InChI is InChI=1S/C13H17F3N4O/c1-8(2)20(7-11(17)18)12(21)19-10-6-4-3-5-9(10)13(14,15)16/h3-6,8H,7H2,1-2H3,(H3,17,18)(H,19,21). The second-order valence-corrected chi connectivity index (χ2v) is 4.72. The van der Waals surface area contributed by atoms with E-state index in [0.717, 1.165) is 6.07 Å². The van der Waals surface area contributed by atoms with Gasteiger partial charge >= 0.3 is 12.2 Å². The fourth-order valence-electron chi connectivity index (χ4n) is 1.70. The summed E-state index contributed by atoms with van der Waals surface area (Å²) in [5, 5.41) is 9.43. The number of amides is 2. The number of halogens is 3. The van der Waals surface area contributed by atoms with E-state index in [9.17, 15) is 18.0 Å². The summed E-state index contributed by atoms with van der Waals surface area (Å²) >= 11 is 0. The molecule has 0 atom stereocenters. The lowest BCUT2D eigenvalue weighted by molar-refractivity contribution is -0.136. The molecular weight excluding hydrogens is 285 g/mol. The molecule has 0 saturated carbocycles. The van der Waals surface area contributed by atoms with Crippen LogP contribution in [-0.4, -0.2) is 29.4 Å². The third kappa shape index (κ3) is 4.66. The van der Waals surface area contributed by atoms with E-state index in [1.54, 1.807) is 13.8 Å². The van der Waals surface area contributed by atoms with Gasteiger partial charge in [0.15, 0.2) is 0 Å². The molecular formula is C13H17F3N4O. The number of para-hydroxylation sites is 1. The van der Waals surface area contributed by atoms with Crippen molar-refractivity contribution in [1.29, 1.82) is 5.41 Å². The van der Waals surface area contributed by atoms with Crippen LogP contribution in [0.2, 0.25) is 0 Å². The van der Waals surface area contributed by atoms with E-state index in [0.29, 0.717) is 0 Å². The van der Waals surface area contributed by atoms with Crippen LogP contribution in [0.3, 0.4) is 0 Å². The highest BCUT2D eigenvalue weighted by Crippen LogP contribution is 2.34. The summed E-state index contributed by atoms with van der Waals surface area (Å²) < 4.78 is 38.5. The number of anilines is 1. The van der Waals surface area contributed by atoms with Crippen molar-refractivity contribution in [3.63, 3.8) is 0 Å². The topological polar surface area (TPSA) is 82.2 Å². The van der Waals surface area contributed by atoms with Gasteiger partial charge in [0, 0.05) is 6.04 Å². The molecule has 0 unspecified atom stereocenters. The Kier molecular flexibility index (Phi) is 5.17. The lowest BCUT2D eigenvalue weighted by Crippen LogP contribution is -2.45. The quantitative estimate of drug-likeness (QED) is 0.590. The number of hydrogen-bond donors (Lipinski definition) is 3. The second-order valence-electron chi connectivity index (χ2n) is 4.72. The van der Waals surface area contributed by atoms with Gasteiger partial charge in [-0.25, -0.2) is 4.79 Å². The van der Waals surface area contributed by atoms with E-state index in [4.69, 9.17) is 11.1 Å². The van der Waals surface area contributed by atoms with Crippen molar-refractivity contribution in [2.24, 2.45) is 5.73 Å². The predicted molar refractivity (Wildman–Crippen MR) is 74.2 cm³/mol. The van der Waals surface area contributed by atoms with Crippen molar-refractivity contribution in [3.05, 3.63) is 29.8 Å². The maximum Gasteiger partial charge on any atom is 0.418 e.